The van der Waals surface area contributed by atoms with E-state index in [4.69, 9.17) is 4.74 Å². The Morgan fingerprint density at radius 1 is 1.30 bits per heavy atom. The van der Waals surface area contributed by atoms with Gasteiger partial charge >= 0.3 is 0 Å². The molecule has 2 amide bonds. The SMILES string of the molecule is Cn1nc(C2CCC(=O)NC2=O)c2ccc(N3CC4(CNCCO4)C3)cc21. The van der Waals surface area contributed by atoms with Crippen LogP contribution in [0.3, 0.4) is 0 Å². The summed E-state index contributed by atoms with van der Waals surface area (Å²) >= 11 is 0. The second-order valence-electron chi connectivity index (χ2n) is 7.78. The van der Waals surface area contributed by atoms with Gasteiger partial charge in [-0.25, -0.2) is 0 Å². The minimum atomic E-state index is -0.369. The molecule has 0 aliphatic carbocycles. The molecule has 0 radical (unpaired) electrons. The third-order valence-electron chi connectivity index (χ3n) is 5.89. The number of ether oxygens (including phenoxy) is 1. The number of aryl methyl sites for hydroxylation is 1. The number of hydrogen-bond acceptors (Lipinski definition) is 6. The van der Waals surface area contributed by atoms with Crippen molar-refractivity contribution in [3.63, 3.8) is 0 Å². The number of rotatable bonds is 2. The average Bonchev–Trinajstić information content (AvgIpc) is 2.96. The van der Waals surface area contributed by atoms with E-state index in [0.717, 1.165) is 55.1 Å². The lowest BCUT2D eigenvalue weighted by molar-refractivity contribution is -0.134. The number of fused-ring (bicyclic) bond motifs is 1. The zero-order valence-electron chi connectivity index (χ0n) is 15.3. The molecule has 2 aromatic rings. The third kappa shape index (κ3) is 2.71. The fraction of sp³-hybridized carbons (Fsp3) is 0.526. The summed E-state index contributed by atoms with van der Waals surface area (Å²) in [6.45, 7) is 4.35. The number of carbonyl (C=O) groups is 2. The first-order chi connectivity index (χ1) is 13.0. The van der Waals surface area contributed by atoms with E-state index in [9.17, 15) is 9.59 Å². The monoisotopic (exact) mass is 369 g/mol. The summed E-state index contributed by atoms with van der Waals surface area (Å²) in [6, 6.07) is 6.25. The average molecular weight is 369 g/mol. The molecule has 3 saturated heterocycles. The molecule has 2 N–H and O–H groups in total. The second-order valence-corrected chi connectivity index (χ2v) is 7.78. The van der Waals surface area contributed by atoms with Crippen LogP contribution in [-0.2, 0) is 21.4 Å². The number of aromatic nitrogens is 2. The van der Waals surface area contributed by atoms with E-state index in [2.05, 4.69) is 32.8 Å². The van der Waals surface area contributed by atoms with Gasteiger partial charge < -0.3 is 15.0 Å². The van der Waals surface area contributed by atoms with E-state index < -0.39 is 0 Å². The Morgan fingerprint density at radius 2 is 2.15 bits per heavy atom. The highest BCUT2D eigenvalue weighted by Crippen LogP contribution is 2.35. The molecule has 1 aromatic carbocycles. The number of imide groups is 1. The number of morpholine rings is 1. The first-order valence-electron chi connectivity index (χ1n) is 9.45. The molecule has 3 aliphatic rings. The molecular weight excluding hydrogens is 346 g/mol. The van der Waals surface area contributed by atoms with Crippen LogP contribution in [-0.4, -0.2) is 60.0 Å². The minimum Gasteiger partial charge on any atom is -0.369 e. The van der Waals surface area contributed by atoms with Crippen LogP contribution in [0.5, 0.6) is 0 Å². The summed E-state index contributed by atoms with van der Waals surface area (Å²) in [5.74, 6) is -0.821. The molecule has 1 atom stereocenters. The van der Waals surface area contributed by atoms with Gasteiger partial charge in [0.15, 0.2) is 0 Å². The number of piperidine rings is 1. The molecule has 3 fully saturated rings. The molecule has 1 unspecified atom stereocenters. The summed E-state index contributed by atoms with van der Waals surface area (Å²) in [6.07, 6.45) is 0.869. The first kappa shape index (κ1) is 16.7. The van der Waals surface area contributed by atoms with Gasteiger partial charge in [-0.3, -0.25) is 19.6 Å². The van der Waals surface area contributed by atoms with E-state index in [-0.39, 0.29) is 23.3 Å². The topological polar surface area (TPSA) is 88.5 Å². The van der Waals surface area contributed by atoms with Crippen LogP contribution in [0.2, 0.25) is 0 Å². The van der Waals surface area contributed by atoms with E-state index in [0.29, 0.717) is 12.8 Å². The third-order valence-corrected chi connectivity index (χ3v) is 5.89. The van der Waals surface area contributed by atoms with E-state index in [1.165, 1.54) is 0 Å². The first-order valence-corrected chi connectivity index (χ1v) is 9.45. The van der Waals surface area contributed by atoms with Gasteiger partial charge in [0.1, 0.15) is 5.60 Å². The molecule has 0 saturated carbocycles. The van der Waals surface area contributed by atoms with Crippen molar-refractivity contribution in [2.24, 2.45) is 7.05 Å². The largest absolute Gasteiger partial charge is 0.369 e. The van der Waals surface area contributed by atoms with E-state index in [1.54, 1.807) is 0 Å². The number of anilines is 1. The minimum absolute atomic E-state index is 0.0580. The van der Waals surface area contributed by atoms with Gasteiger partial charge in [-0.15, -0.1) is 0 Å². The fourth-order valence-corrected chi connectivity index (χ4v) is 4.42. The van der Waals surface area contributed by atoms with Crippen molar-refractivity contribution in [1.82, 2.24) is 20.4 Å². The molecule has 1 spiro atoms. The van der Waals surface area contributed by atoms with Crippen molar-refractivity contribution in [2.45, 2.75) is 24.4 Å². The maximum absolute atomic E-state index is 12.3. The van der Waals surface area contributed by atoms with Crippen molar-refractivity contribution < 1.29 is 14.3 Å². The Labute approximate surface area is 156 Å². The Hall–Kier alpha value is -2.45. The molecule has 1 aromatic heterocycles. The van der Waals surface area contributed by atoms with E-state index in [1.807, 2.05) is 17.8 Å². The van der Waals surface area contributed by atoms with Gasteiger partial charge in [-0.2, -0.15) is 5.10 Å². The summed E-state index contributed by atoms with van der Waals surface area (Å²) < 4.78 is 7.80. The molecule has 8 heteroatoms. The highest BCUT2D eigenvalue weighted by atomic mass is 16.5. The fourth-order valence-electron chi connectivity index (χ4n) is 4.42. The van der Waals surface area contributed by atoms with E-state index >= 15 is 0 Å². The van der Waals surface area contributed by atoms with Crippen LogP contribution >= 0.6 is 0 Å². The molecule has 142 valence electrons. The highest BCUT2D eigenvalue weighted by Gasteiger charge is 2.45. The van der Waals surface area contributed by atoms with Gasteiger partial charge in [0, 0.05) is 37.6 Å². The number of hydrogen-bond donors (Lipinski definition) is 2. The number of nitrogens with zero attached hydrogens (tertiary/aromatic N) is 3. The molecule has 0 bridgehead atoms. The van der Waals surface area contributed by atoms with Crippen molar-refractivity contribution in [3.05, 3.63) is 23.9 Å². The van der Waals surface area contributed by atoms with Crippen molar-refractivity contribution in [3.8, 4) is 0 Å². The number of carbonyl (C=O) groups excluding carboxylic acids is 2. The van der Waals surface area contributed by atoms with Crippen LogP contribution in [0.15, 0.2) is 18.2 Å². The molecule has 27 heavy (non-hydrogen) atoms. The lowest BCUT2D eigenvalue weighted by atomic mass is 9.91. The van der Waals surface area contributed by atoms with Crippen molar-refractivity contribution >= 4 is 28.4 Å². The smallest absolute Gasteiger partial charge is 0.235 e. The summed E-state index contributed by atoms with van der Waals surface area (Å²) in [5, 5.41) is 11.4. The standard InChI is InChI=1S/C19H23N5O3/c1-23-15-8-12(24-10-19(11-24)9-20-6-7-27-19)2-3-13(15)17(22-23)14-4-5-16(25)21-18(14)26/h2-3,8,14,20H,4-7,9-11H2,1H3,(H,21,25,26). The maximum Gasteiger partial charge on any atom is 0.235 e. The van der Waals surface area contributed by atoms with Crippen LogP contribution in [0.25, 0.3) is 10.9 Å². The quantitative estimate of drug-likeness (QED) is 0.739. The number of amides is 2. The lowest BCUT2D eigenvalue weighted by Crippen LogP contribution is -2.69. The molecule has 3 aliphatic heterocycles. The predicted octanol–water partition coefficient (Wildman–Crippen LogP) is 0.272. The molecular formula is C19H23N5O3. The number of benzene rings is 1. The maximum atomic E-state index is 12.3. The Morgan fingerprint density at radius 3 is 2.89 bits per heavy atom. The second kappa shape index (κ2) is 6.03. The Bertz CT molecular complexity index is 923. The van der Waals surface area contributed by atoms with Crippen LogP contribution in [0.1, 0.15) is 24.5 Å². The Balaban J connectivity index is 1.41. The molecule has 4 heterocycles. The van der Waals surface area contributed by atoms with Crippen LogP contribution < -0.4 is 15.5 Å². The van der Waals surface area contributed by atoms with Gasteiger partial charge in [0.25, 0.3) is 0 Å². The summed E-state index contributed by atoms with van der Waals surface area (Å²) in [4.78, 5) is 26.0. The lowest BCUT2D eigenvalue weighted by Gasteiger charge is -2.52. The Kier molecular flexibility index (Phi) is 3.73. The van der Waals surface area contributed by atoms with Gasteiger partial charge in [0.2, 0.25) is 11.8 Å². The van der Waals surface area contributed by atoms with Gasteiger partial charge in [-0.05, 0) is 24.6 Å². The van der Waals surface area contributed by atoms with Crippen LogP contribution in [0.4, 0.5) is 5.69 Å². The van der Waals surface area contributed by atoms with Crippen molar-refractivity contribution in [2.75, 3.05) is 37.7 Å². The van der Waals surface area contributed by atoms with Crippen molar-refractivity contribution in [1.29, 1.82) is 0 Å². The zero-order chi connectivity index (χ0) is 18.6. The molecule has 8 nitrogen and oxygen atoms in total. The molecule has 5 rings (SSSR count). The predicted molar refractivity (Wildman–Crippen MR) is 99.6 cm³/mol. The summed E-state index contributed by atoms with van der Waals surface area (Å²) in [5.41, 5.74) is 2.83. The van der Waals surface area contributed by atoms with Crippen LogP contribution in [0, 0.1) is 0 Å². The van der Waals surface area contributed by atoms with Gasteiger partial charge in [0.05, 0.1) is 36.8 Å². The number of nitrogens with one attached hydrogen (secondary N) is 2. The highest BCUT2D eigenvalue weighted by molar-refractivity contribution is 6.02. The van der Waals surface area contributed by atoms with Gasteiger partial charge in [-0.1, -0.05) is 0 Å². The zero-order valence-corrected chi connectivity index (χ0v) is 15.3. The normalized spacial score (nSPS) is 24.9. The summed E-state index contributed by atoms with van der Waals surface area (Å²) in [7, 11) is 1.90.